The molecule has 3 aromatic rings. The number of nitrogens with one attached hydrogen (secondary N) is 1. The summed E-state index contributed by atoms with van der Waals surface area (Å²) in [4.78, 5) is 16.2. The van der Waals surface area contributed by atoms with Gasteiger partial charge in [-0.15, -0.1) is 10.2 Å². The Morgan fingerprint density at radius 2 is 1.96 bits per heavy atom. The van der Waals surface area contributed by atoms with Crippen molar-refractivity contribution in [3.05, 3.63) is 54.3 Å². The molecule has 0 radical (unpaired) electrons. The monoisotopic (exact) mass is 399 g/mol. The quantitative estimate of drug-likeness (QED) is 0.637. The van der Waals surface area contributed by atoms with Crippen LogP contribution in [0.1, 0.15) is 12.5 Å². The number of furan rings is 1. The minimum absolute atomic E-state index is 0.113. The molecule has 1 aliphatic heterocycles. The fraction of sp³-hybridized carbons (Fsp3) is 0.350. The van der Waals surface area contributed by atoms with Gasteiger partial charge in [0.2, 0.25) is 5.91 Å². The van der Waals surface area contributed by atoms with E-state index in [-0.39, 0.29) is 11.2 Å². The zero-order valence-corrected chi connectivity index (χ0v) is 16.5. The summed E-state index contributed by atoms with van der Waals surface area (Å²) in [6.07, 6.45) is 1.55. The highest BCUT2D eigenvalue weighted by Crippen LogP contribution is 2.27. The molecule has 1 saturated heterocycles. The topological polar surface area (TPSA) is 76.8 Å². The maximum absolute atomic E-state index is 12.8. The number of carbonyl (C=O) groups is 1. The zero-order valence-electron chi connectivity index (χ0n) is 15.7. The number of nitrogens with zero attached hydrogens (tertiary/aromatic N) is 3. The van der Waals surface area contributed by atoms with Gasteiger partial charge in [-0.3, -0.25) is 4.79 Å². The van der Waals surface area contributed by atoms with Crippen LogP contribution in [0.2, 0.25) is 0 Å². The molecule has 1 fully saturated rings. The molecule has 1 aliphatic rings. The second-order valence-corrected chi connectivity index (χ2v) is 8.14. The van der Waals surface area contributed by atoms with Gasteiger partial charge in [-0.25, -0.2) is 0 Å². The number of carbonyl (C=O) groups excluding carboxylic acids is 1. The summed E-state index contributed by atoms with van der Waals surface area (Å²) in [5, 5.41) is 8.08. The SMILES string of the molecule is C[C@@H](Sc1nnc(-c2ccco2)o1)C(=O)N1CC[NH+](Cc2ccccc2)CC1. The van der Waals surface area contributed by atoms with Crippen LogP contribution in [0, 0.1) is 0 Å². The van der Waals surface area contributed by atoms with Gasteiger partial charge < -0.3 is 18.6 Å². The Kier molecular flexibility index (Phi) is 5.78. The molecule has 1 amide bonds. The van der Waals surface area contributed by atoms with E-state index in [1.807, 2.05) is 17.9 Å². The molecule has 2 aromatic heterocycles. The molecule has 28 heavy (non-hydrogen) atoms. The van der Waals surface area contributed by atoms with Crippen LogP contribution in [-0.2, 0) is 11.3 Å². The average molecular weight is 399 g/mol. The van der Waals surface area contributed by atoms with E-state index in [2.05, 4.69) is 34.5 Å². The first-order chi connectivity index (χ1) is 13.7. The highest BCUT2D eigenvalue weighted by Gasteiger charge is 2.28. The van der Waals surface area contributed by atoms with Crippen molar-refractivity contribution in [3.8, 4) is 11.7 Å². The average Bonchev–Trinajstić information content (AvgIpc) is 3.40. The van der Waals surface area contributed by atoms with Crippen molar-refractivity contribution in [2.45, 2.75) is 23.9 Å². The third-order valence-electron chi connectivity index (χ3n) is 4.84. The van der Waals surface area contributed by atoms with Crippen LogP contribution in [0.25, 0.3) is 11.7 Å². The van der Waals surface area contributed by atoms with Crippen LogP contribution in [0.3, 0.4) is 0 Å². The number of benzene rings is 1. The zero-order chi connectivity index (χ0) is 19.3. The number of thioether (sulfide) groups is 1. The van der Waals surface area contributed by atoms with Crippen LogP contribution < -0.4 is 4.90 Å². The molecule has 0 spiro atoms. The van der Waals surface area contributed by atoms with Crippen LogP contribution in [-0.4, -0.2) is 52.4 Å². The van der Waals surface area contributed by atoms with Crippen LogP contribution in [0.5, 0.6) is 0 Å². The number of quaternary nitrogens is 1. The van der Waals surface area contributed by atoms with Crippen molar-refractivity contribution in [1.29, 1.82) is 0 Å². The largest absolute Gasteiger partial charge is 0.459 e. The second kappa shape index (κ2) is 8.62. The Morgan fingerprint density at radius 3 is 2.68 bits per heavy atom. The predicted molar refractivity (Wildman–Crippen MR) is 105 cm³/mol. The molecule has 0 bridgehead atoms. The lowest BCUT2D eigenvalue weighted by molar-refractivity contribution is -0.917. The lowest BCUT2D eigenvalue weighted by Gasteiger charge is -2.33. The van der Waals surface area contributed by atoms with Gasteiger partial charge in [0.15, 0.2) is 5.76 Å². The van der Waals surface area contributed by atoms with E-state index in [0.29, 0.717) is 16.9 Å². The van der Waals surface area contributed by atoms with E-state index in [0.717, 1.165) is 32.7 Å². The number of rotatable bonds is 6. The van der Waals surface area contributed by atoms with Crippen molar-refractivity contribution in [2.75, 3.05) is 26.2 Å². The summed E-state index contributed by atoms with van der Waals surface area (Å²) in [5.41, 5.74) is 1.34. The summed E-state index contributed by atoms with van der Waals surface area (Å²) in [6.45, 7) is 6.35. The smallest absolute Gasteiger partial charge is 0.284 e. The lowest BCUT2D eigenvalue weighted by atomic mass is 10.2. The van der Waals surface area contributed by atoms with Gasteiger partial charge in [-0.05, 0) is 19.1 Å². The fourth-order valence-corrected chi connectivity index (χ4v) is 4.09. The highest BCUT2D eigenvalue weighted by atomic mass is 32.2. The van der Waals surface area contributed by atoms with E-state index in [1.165, 1.54) is 22.2 Å². The molecule has 1 atom stereocenters. The third kappa shape index (κ3) is 4.45. The molecule has 1 N–H and O–H groups in total. The fourth-order valence-electron chi connectivity index (χ4n) is 3.32. The summed E-state index contributed by atoms with van der Waals surface area (Å²) in [5.74, 6) is 0.961. The van der Waals surface area contributed by atoms with Gasteiger partial charge in [0, 0.05) is 5.56 Å². The Hall–Kier alpha value is -2.58. The van der Waals surface area contributed by atoms with Crippen molar-refractivity contribution >= 4 is 17.7 Å². The summed E-state index contributed by atoms with van der Waals surface area (Å²) in [7, 11) is 0. The lowest BCUT2D eigenvalue weighted by Crippen LogP contribution is -3.13. The molecule has 0 aliphatic carbocycles. The molecular formula is C20H23N4O3S+. The van der Waals surface area contributed by atoms with E-state index >= 15 is 0 Å². The standard InChI is InChI=1S/C20H22N4O3S/c1-15(28-20-22-21-18(27-20)17-8-5-13-26-17)19(25)24-11-9-23(10-12-24)14-16-6-3-2-4-7-16/h2-8,13,15H,9-12,14H2,1H3/p+1/t15-/m1/s1. The number of piperazine rings is 1. The minimum Gasteiger partial charge on any atom is -0.459 e. The maximum Gasteiger partial charge on any atom is 0.284 e. The Labute approximate surface area is 167 Å². The van der Waals surface area contributed by atoms with Crippen LogP contribution >= 0.6 is 11.8 Å². The molecule has 1 aromatic carbocycles. The van der Waals surface area contributed by atoms with Crippen molar-refractivity contribution in [3.63, 3.8) is 0 Å². The first-order valence-corrected chi connectivity index (χ1v) is 10.3. The molecule has 4 rings (SSSR count). The molecule has 0 unspecified atom stereocenters. The first-order valence-electron chi connectivity index (χ1n) is 9.39. The predicted octanol–water partition coefficient (Wildman–Crippen LogP) is 1.74. The Bertz CT molecular complexity index is 889. The second-order valence-electron chi connectivity index (χ2n) is 6.85. The van der Waals surface area contributed by atoms with Crippen LogP contribution in [0.4, 0.5) is 0 Å². The third-order valence-corrected chi connectivity index (χ3v) is 5.76. The van der Waals surface area contributed by atoms with E-state index in [9.17, 15) is 4.79 Å². The van der Waals surface area contributed by atoms with Gasteiger partial charge in [0.25, 0.3) is 11.1 Å². The van der Waals surface area contributed by atoms with Crippen molar-refractivity contribution in [2.24, 2.45) is 0 Å². The Balaban J connectivity index is 1.28. The van der Waals surface area contributed by atoms with E-state index in [1.54, 1.807) is 18.4 Å². The van der Waals surface area contributed by atoms with E-state index in [4.69, 9.17) is 8.83 Å². The van der Waals surface area contributed by atoms with Gasteiger partial charge in [0.1, 0.15) is 6.54 Å². The van der Waals surface area contributed by atoms with Gasteiger partial charge in [-0.1, -0.05) is 42.1 Å². The summed E-state index contributed by atoms with van der Waals surface area (Å²) < 4.78 is 10.8. The summed E-state index contributed by atoms with van der Waals surface area (Å²) in [6, 6.07) is 14.0. The number of hydrogen-bond donors (Lipinski definition) is 1. The normalized spacial score (nSPS) is 16.2. The molecule has 0 saturated carbocycles. The van der Waals surface area contributed by atoms with Crippen LogP contribution in [0.15, 0.2) is 62.8 Å². The number of aromatic nitrogens is 2. The van der Waals surface area contributed by atoms with Crippen molar-refractivity contribution in [1.82, 2.24) is 15.1 Å². The van der Waals surface area contributed by atoms with E-state index < -0.39 is 0 Å². The van der Waals surface area contributed by atoms with Gasteiger partial charge >= 0.3 is 0 Å². The number of hydrogen-bond acceptors (Lipinski definition) is 6. The number of amides is 1. The van der Waals surface area contributed by atoms with Gasteiger partial charge in [0.05, 0.1) is 37.7 Å². The molecule has 7 nitrogen and oxygen atoms in total. The van der Waals surface area contributed by atoms with Gasteiger partial charge in [-0.2, -0.15) is 0 Å². The maximum atomic E-state index is 12.8. The van der Waals surface area contributed by atoms with Crippen molar-refractivity contribution < 1.29 is 18.5 Å². The molecule has 3 heterocycles. The Morgan fingerprint density at radius 1 is 1.18 bits per heavy atom. The summed E-state index contributed by atoms with van der Waals surface area (Å²) >= 11 is 1.29. The molecule has 8 heteroatoms. The minimum atomic E-state index is -0.277. The molecular weight excluding hydrogens is 376 g/mol. The molecule has 146 valence electrons. The first kappa shape index (κ1) is 18.8. The highest BCUT2D eigenvalue weighted by molar-refractivity contribution is 8.00.